The van der Waals surface area contributed by atoms with Crippen molar-refractivity contribution in [2.75, 3.05) is 17.2 Å². The molecule has 1 atom stereocenters. The van der Waals surface area contributed by atoms with Crippen LogP contribution in [0.3, 0.4) is 0 Å². The average Bonchev–Trinajstić information content (AvgIpc) is 3.35. The number of anilines is 1. The van der Waals surface area contributed by atoms with Crippen LogP contribution >= 0.6 is 0 Å². The summed E-state index contributed by atoms with van der Waals surface area (Å²) in [7, 11) is -8.51. The molecule has 4 N–H and O–H groups in total. The molecule has 5 rings (SSSR count). The van der Waals surface area contributed by atoms with Crippen LogP contribution in [0.25, 0.3) is 0 Å². The van der Waals surface area contributed by atoms with Gasteiger partial charge in [-0.2, -0.15) is 13.0 Å². The number of nitrogens with two attached hydrogens (primary N) is 1. The molecule has 0 radical (unpaired) electrons. The maximum Gasteiger partial charge on any atom is 0.323 e. The van der Waals surface area contributed by atoms with E-state index in [0.29, 0.717) is 16.9 Å². The second-order valence-corrected chi connectivity index (χ2v) is 15.2. The highest BCUT2D eigenvalue weighted by molar-refractivity contribution is 7.89. The number of fused-ring (bicyclic) bond motifs is 2. The van der Waals surface area contributed by atoms with Gasteiger partial charge in [0, 0.05) is 46.6 Å². The van der Waals surface area contributed by atoms with E-state index in [2.05, 4.69) is 42.7 Å². The summed E-state index contributed by atoms with van der Waals surface area (Å²) in [6, 6.07) is 22.4. The van der Waals surface area contributed by atoms with Crippen LogP contribution in [0, 0.1) is 0 Å². The third-order valence-electron chi connectivity index (χ3n) is 8.64. The van der Waals surface area contributed by atoms with Crippen LogP contribution in [-0.2, 0) is 35.8 Å². The van der Waals surface area contributed by atoms with Crippen LogP contribution in [0.5, 0.6) is 0 Å². The predicted octanol–water partition coefficient (Wildman–Crippen LogP) is 5.04. The number of carboxylic acid groups (broad SMARTS) is 1. The standard InChI is InChI=1S/C34H35N3O7S2/c1-33(2)26-14-10-11-15-29(26)37(24-12-6-4-7-13-24)30(33)16-8-5-9-17-31-34(3,20-21-45(40,41)42)27-22-25(46(35,43)44)18-19-28(27)36(31)23-32(38)39/h4-19,22H,20-21,23H2,1-3H3,(H3-,35,38,39,40,41,42,43,44)/p+1. The number of primary sulfonamides is 1. The smallest absolute Gasteiger partial charge is 0.323 e. The zero-order chi connectivity index (χ0) is 33.5. The lowest BCUT2D eigenvalue weighted by molar-refractivity contribution is -0.135. The van der Waals surface area contributed by atoms with Gasteiger partial charge in [0.05, 0.1) is 16.1 Å². The van der Waals surface area contributed by atoms with E-state index in [1.807, 2.05) is 42.5 Å². The zero-order valence-electron chi connectivity index (χ0n) is 25.7. The van der Waals surface area contributed by atoms with Gasteiger partial charge < -0.3 is 10.0 Å². The molecule has 46 heavy (non-hydrogen) atoms. The van der Waals surface area contributed by atoms with Crippen molar-refractivity contribution >= 4 is 48.9 Å². The zero-order valence-corrected chi connectivity index (χ0v) is 27.3. The van der Waals surface area contributed by atoms with Gasteiger partial charge in [-0.25, -0.2) is 13.6 Å². The summed E-state index contributed by atoms with van der Waals surface area (Å²) in [4.78, 5) is 13.2. The fourth-order valence-corrected chi connectivity index (χ4v) is 7.56. The van der Waals surface area contributed by atoms with Crippen molar-refractivity contribution < 1.29 is 31.3 Å². The minimum atomic E-state index is -4.40. The Balaban J connectivity index is 1.58. The predicted molar refractivity (Wildman–Crippen MR) is 180 cm³/mol. The van der Waals surface area contributed by atoms with E-state index < -0.39 is 43.8 Å². The number of carboxylic acids is 1. The molecule has 0 saturated carbocycles. The Morgan fingerprint density at radius 2 is 1.59 bits per heavy atom. The van der Waals surface area contributed by atoms with Gasteiger partial charge in [0.25, 0.3) is 10.1 Å². The van der Waals surface area contributed by atoms with Gasteiger partial charge in [0.2, 0.25) is 21.4 Å². The summed E-state index contributed by atoms with van der Waals surface area (Å²) < 4.78 is 59.8. The Hall–Kier alpha value is -4.36. The minimum absolute atomic E-state index is 0.144. The second kappa shape index (κ2) is 12.1. The first kappa shape index (κ1) is 33.0. The Bertz CT molecular complexity index is 2050. The van der Waals surface area contributed by atoms with Crippen LogP contribution in [0.15, 0.2) is 114 Å². The lowest BCUT2D eigenvalue weighted by Crippen LogP contribution is -2.33. The molecule has 0 aliphatic carbocycles. The van der Waals surface area contributed by atoms with Gasteiger partial charge in [-0.05, 0) is 57.0 Å². The molecule has 0 spiro atoms. The third-order valence-corrected chi connectivity index (χ3v) is 10.3. The summed E-state index contributed by atoms with van der Waals surface area (Å²) in [5.41, 5.74) is 4.08. The molecule has 0 bridgehead atoms. The van der Waals surface area contributed by atoms with Gasteiger partial charge in [-0.3, -0.25) is 9.35 Å². The van der Waals surface area contributed by atoms with Crippen LogP contribution in [0.4, 0.5) is 17.1 Å². The van der Waals surface area contributed by atoms with E-state index in [4.69, 9.17) is 5.14 Å². The maximum absolute atomic E-state index is 12.2. The Morgan fingerprint density at radius 1 is 0.913 bits per heavy atom. The number of nitrogens with zero attached hydrogens (tertiary/aromatic N) is 2. The quantitative estimate of drug-likeness (QED) is 0.155. The highest BCUT2D eigenvalue weighted by Crippen LogP contribution is 2.50. The fourth-order valence-electron chi connectivity index (χ4n) is 6.35. The number of sulfonamides is 1. The number of benzene rings is 3. The van der Waals surface area contributed by atoms with Crippen molar-refractivity contribution in [3.8, 4) is 0 Å². The number of allylic oxidation sites excluding steroid dienone is 6. The first-order chi connectivity index (χ1) is 21.5. The molecule has 240 valence electrons. The average molecular weight is 663 g/mol. The van der Waals surface area contributed by atoms with Gasteiger partial charge in [-0.1, -0.05) is 54.6 Å². The number of para-hydroxylation sites is 2. The SMILES string of the molecule is CC1(C)C(/C=C/C=C/C=C2/N(CC(=O)O)c3ccc(S(N)(=O)=O)cc3C2(C)CCS(=O)(=O)O)=[N+](c2ccccc2)c2ccccc21. The highest BCUT2D eigenvalue weighted by Gasteiger charge is 2.46. The van der Waals surface area contributed by atoms with E-state index in [1.165, 1.54) is 28.7 Å². The highest BCUT2D eigenvalue weighted by atomic mass is 32.2. The largest absolute Gasteiger partial charge is 0.480 e. The van der Waals surface area contributed by atoms with Gasteiger partial charge in [-0.15, -0.1) is 0 Å². The fraction of sp³-hybridized carbons (Fsp3) is 0.235. The van der Waals surface area contributed by atoms with Crippen molar-refractivity contribution in [3.63, 3.8) is 0 Å². The number of hydrogen-bond acceptors (Lipinski definition) is 6. The van der Waals surface area contributed by atoms with E-state index >= 15 is 0 Å². The summed E-state index contributed by atoms with van der Waals surface area (Å²) in [6.07, 6.45) is 8.96. The number of aliphatic carboxylic acids is 1. The molecule has 0 amide bonds. The van der Waals surface area contributed by atoms with E-state index in [9.17, 15) is 31.3 Å². The Morgan fingerprint density at radius 3 is 2.24 bits per heavy atom. The molecular weight excluding hydrogens is 627 g/mol. The van der Waals surface area contributed by atoms with Crippen LogP contribution in [-0.4, -0.2) is 50.5 Å². The monoisotopic (exact) mass is 662 g/mol. The number of hydrogen-bond donors (Lipinski definition) is 3. The third kappa shape index (κ3) is 6.34. The van der Waals surface area contributed by atoms with Crippen molar-refractivity contribution in [1.29, 1.82) is 0 Å². The van der Waals surface area contributed by atoms with Crippen molar-refractivity contribution in [3.05, 3.63) is 120 Å². The topological polar surface area (TPSA) is 158 Å². The molecule has 0 saturated heterocycles. The van der Waals surface area contributed by atoms with E-state index in [1.54, 1.807) is 25.2 Å². The molecule has 2 aliphatic heterocycles. The molecule has 12 heteroatoms. The Labute approximate surface area is 269 Å². The van der Waals surface area contributed by atoms with Gasteiger partial charge in [0.1, 0.15) is 6.54 Å². The first-order valence-electron chi connectivity index (χ1n) is 14.5. The lowest BCUT2D eigenvalue weighted by Gasteiger charge is -2.29. The molecule has 2 aliphatic rings. The molecule has 1 unspecified atom stereocenters. The second-order valence-electron chi connectivity index (χ2n) is 12.1. The number of carbonyl (C=O) groups is 1. The maximum atomic E-state index is 12.2. The molecule has 10 nitrogen and oxygen atoms in total. The van der Waals surface area contributed by atoms with E-state index in [-0.39, 0.29) is 16.7 Å². The van der Waals surface area contributed by atoms with Crippen LogP contribution < -0.4 is 14.6 Å². The van der Waals surface area contributed by atoms with Crippen molar-refractivity contribution in [2.45, 2.75) is 42.9 Å². The summed E-state index contributed by atoms with van der Waals surface area (Å²) >= 11 is 0. The first-order valence-corrected chi connectivity index (χ1v) is 17.7. The molecule has 3 aromatic carbocycles. The van der Waals surface area contributed by atoms with E-state index in [0.717, 1.165) is 17.1 Å². The van der Waals surface area contributed by atoms with Crippen molar-refractivity contribution in [2.24, 2.45) is 5.14 Å². The number of rotatable bonds is 10. The lowest BCUT2D eigenvalue weighted by atomic mass is 9.79. The minimum Gasteiger partial charge on any atom is -0.480 e. The summed E-state index contributed by atoms with van der Waals surface area (Å²) in [5.74, 6) is -1.77. The molecule has 0 aromatic heterocycles. The molecule has 2 heterocycles. The summed E-state index contributed by atoms with van der Waals surface area (Å²) in [5, 5.41) is 15.1. The summed E-state index contributed by atoms with van der Waals surface area (Å²) in [6.45, 7) is 5.55. The Kier molecular flexibility index (Phi) is 8.69. The van der Waals surface area contributed by atoms with Gasteiger partial charge >= 0.3 is 5.97 Å². The van der Waals surface area contributed by atoms with Crippen LogP contribution in [0.2, 0.25) is 0 Å². The van der Waals surface area contributed by atoms with Gasteiger partial charge in [0.15, 0.2) is 5.71 Å². The normalized spacial score (nSPS) is 20.2. The van der Waals surface area contributed by atoms with Crippen LogP contribution in [0.1, 0.15) is 38.3 Å². The molecular formula is C34H36N3O7S2+. The van der Waals surface area contributed by atoms with Crippen molar-refractivity contribution in [1.82, 2.24) is 4.58 Å². The molecule has 3 aromatic rings. The molecule has 0 fully saturated rings.